The fourth-order valence-corrected chi connectivity index (χ4v) is 4.25. The van der Waals surface area contributed by atoms with E-state index in [0.717, 1.165) is 49.9 Å². The second-order valence-electron chi connectivity index (χ2n) is 8.98. The van der Waals surface area contributed by atoms with Gasteiger partial charge in [0.05, 0.1) is 24.0 Å². The maximum absolute atomic E-state index is 12.9. The molecule has 1 aromatic heterocycles. The van der Waals surface area contributed by atoms with Gasteiger partial charge in [0, 0.05) is 30.6 Å². The lowest BCUT2D eigenvalue weighted by molar-refractivity contribution is -0.139. The molecule has 4 rings (SSSR count). The monoisotopic (exact) mass is 388 g/mol. The van der Waals surface area contributed by atoms with Crippen molar-refractivity contribution in [1.82, 2.24) is 20.0 Å². The molecule has 154 valence electrons. The Morgan fingerprint density at radius 1 is 1.32 bits per heavy atom. The Labute approximate surface area is 166 Å². The van der Waals surface area contributed by atoms with Crippen molar-refractivity contribution >= 4 is 11.9 Å². The molecule has 0 bridgehead atoms. The van der Waals surface area contributed by atoms with Crippen molar-refractivity contribution in [3.05, 3.63) is 17.5 Å². The molecule has 0 radical (unpaired) electrons. The molecule has 3 fully saturated rings. The van der Waals surface area contributed by atoms with E-state index < -0.39 is 5.97 Å². The van der Waals surface area contributed by atoms with Crippen molar-refractivity contribution in [2.24, 2.45) is 5.92 Å². The van der Waals surface area contributed by atoms with E-state index in [4.69, 9.17) is 0 Å². The van der Waals surface area contributed by atoms with Crippen LogP contribution >= 0.6 is 0 Å². The fourth-order valence-electron chi connectivity index (χ4n) is 4.25. The molecule has 1 unspecified atom stereocenters. The summed E-state index contributed by atoms with van der Waals surface area (Å²) in [7, 11) is 0. The highest BCUT2D eigenvalue weighted by Gasteiger charge is 2.39. The van der Waals surface area contributed by atoms with Crippen LogP contribution in [0, 0.1) is 5.92 Å². The first-order valence-electron chi connectivity index (χ1n) is 10.8. The molecule has 0 saturated heterocycles. The Bertz CT molecular complexity index is 732. The van der Waals surface area contributed by atoms with Crippen LogP contribution in [-0.2, 0) is 4.79 Å². The van der Waals surface area contributed by atoms with Gasteiger partial charge in [-0.25, -0.2) is 0 Å². The van der Waals surface area contributed by atoms with E-state index in [9.17, 15) is 14.7 Å². The summed E-state index contributed by atoms with van der Waals surface area (Å²) < 4.78 is 2.04. The minimum Gasteiger partial charge on any atom is -0.480 e. The average Bonchev–Trinajstić information content (AvgIpc) is 3.55. The summed E-state index contributed by atoms with van der Waals surface area (Å²) in [6, 6.07) is 0.706. The highest BCUT2D eigenvalue weighted by atomic mass is 16.4. The van der Waals surface area contributed by atoms with Crippen LogP contribution in [0.15, 0.2) is 6.20 Å². The Morgan fingerprint density at radius 2 is 2.04 bits per heavy atom. The SMILES string of the molecule is CCC(C)n1ncc(C(=O)NC2CC(N(CC(=O)O)CC3CC3)C2)c1C1CC1. The van der Waals surface area contributed by atoms with Gasteiger partial charge < -0.3 is 10.4 Å². The first kappa shape index (κ1) is 19.4. The smallest absolute Gasteiger partial charge is 0.317 e. The van der Waals surface area contributed by atoms with Crippen molar-refractivity contribution in [2.45, 2.75) is 82.8 Å². The molecular weight excluding hydrogens is 356 g/mol. The van der Waals surface area contributed by atoms with E-state index >= 15 is 0 Å². The Hall–Kier alpha value is -1.89. The predicted molar refractivity (Wildman–Crippen MR) is 105 cm³/mol. The van der Waals surface area contributed by atoms with Gasteiger partial charge in [-0.1, -0.05) is 6.92 Å². The molecule has 1 heterocycles. The Balaban J connectivity index is 1.35. The van der Waals surface area contributed by atoms with E-state index in [-0.39, 0.29) is 24.5 Å². The number of carboxylic acids is 1. The Kier molecular flexibility index (Phi) is 5.45. The van der Waals surface area contributed by atoms with Gasteiger partial charge in [0.2, 0.25) is 0 Å². The van der Waals surface area contributed by atoms with E-state index in [2.05, 4.69) is 29.2 Å². The highest BCUT2D eigenvalue weighted by molar-refractivity contribution is 5.95. The van der Waals surface area contributed by atoms with Crippen LogP contribution in [0.4, 0.5) is 0 Å². The van der Waals surface area contributed by atoms with Crippen molar-refractivity contribution in [3.63, 3.8) is 0 Å². The summed E-state index contributed by atoms with van der Waals surface area (Å²) in [4.78, 5) is 26.2. The highest BCUT2D eigenvalue weighted by Crippen LogP contribution is 2.43. The standard InChI is InChI=1S/C21H32N4O3/c1-3-13(2)25-20(15-6-7-15)18(10-22-25)21(28)23-16-8-17(9-16)24(12-19(26)27)11-14-4-5-14/h10,13-17H,3-9,11-12H2,1-2H3,(H,23,28)(H,26,27). The van der Waals surface area contributed by atoms with Crippen molar-refractivity contribution in [3.8, 4) is 0 Å². The summed E-state index contributed by atoms with van der Waals surface area (Å²) in [6.45, 7) is 5.27. The van der Waals surface area contributed by atoms with Crippen LogP contribution in [0.25, 0.3) is 0 Å². The van der Waals surface area contributed by atoms with Gasteiger partial charge in [-0.15, -0.1) is 0 Å². The van der Waals surface area contributed by atoms with Crippen LogP contribution in [0.5, 0.6) is 0 Å². The molecule has 2 N–H and O–H groups in total. The number of nitrogens with zero attached hydrogens (tertiary/aromatic N) is 3. The van der Waals surface area contributed by atoms with E-state index in [1.807, 2.05) is 4.68 Å². The molecule has 0 spiro atoms. The molecule has 3 aliphatic carbocycles. The number of aromatic nitrogens is 2. The molecule has 1 atom stereocenters. The van der Waals surface area contributed by atoms with Crippen LogP contribution in [0.1, 0.15) is 86.8 Å². The molecular formula is C21H32N4O3. The minimum absolute atomic E-state index is 0.0214. The molecule has 7 heteroatoms. The summed E-state index contributed by atoms with van der Waals surface area (Å²) in [6.07, 6.45) is 9.11. The molecule has 0 aliphatic heterocycles. The lowest BCUT2D eigenvalue weighted by Crippen LogP contribution is -2.55. The van der Waals surface area contributed by atoms with Gasteiger partial charge in [0.1, 0.15) is 0 Å². The van der Waals surface area contributed by atoms with Crippen molar-refractivity contribution in [2.75, 3.05) is 13.1 Å². The molecule has 3 aliphatic rings. The molecule has 1 amide bonds. The van der Waals surface area contributed by atoms with Gasteiger partial charge in [-0.2, -0.15) is 5.10 Å². The first-order chi connectivity index (χ1) is 13.5. The summed E-state index contributed by atoms with van der Waals surface area (Å²) >= 11 is 0. The number of amides is 1. The number of carboxylic acid groups (broad SMARTS) is 1. The summed E-state index contributed by atoms with van der Waals surface area (Å²) in [5.41, 5.74) is 1.83. The van der Waals surface area contributed by atoms with Crippen LogP contribution in [-0.4, -0.2) is 56.8 Å². The topological polar surface area (TPSA) is 87.5 Å². The van der Waals surface area contributed by atoms with E-state index in [1.165, 1.54) is 12.8 Å². The van der Waals surface area contributed by atoms with Crippen molar-refractivity contribution in [1.29, 1.82) is 0 Å². The lowest BCUT2D eigenvalue weighted by atomic mass is 9.85. The number of rotatable bonds is 10. The van der Waals surface area contributed by atoms with Gasteiger partial charge in [0.15, 0.2) is 0 Å². The van der Waals surface area contributed by atoms with Gasteiger partial charge >= 0.3 is 5.97 Å². The second kappa shape index (κ2) is 7.85. The quantitative estimate of drug-likeness (QED) is 0.644. The van der Waals surface area contributed by atoms with E-state index in [0.29, 0.717) is 17.9 Å². The second-order valence-corrected chi connectivity index (χ2v) is 8.98. The lowest BCUT2D eigenvalue weighted by Gasteiger charge is -2.42. The molecule has 7 nitrogen and oxygen atoms in total. The number of hydrogen-bond acceptors (Lipinski definition) is 4. The zero-order valence-corrected chi connectivity index (χ0v) is 16.9. The third kappa shape index (κ3) is 4.24. The van der Waals surface area contributed by atoms with Crippen LogP contribution in [0.3, 0.4) is 0 Å². The molecule has 1 aromatic rings. The number of carbonyl (C=O) groups excluding carboxylic acids is 1. The maximum atomic E-state index is 12.9. The van der Waals surface area contributed by atoms with Gasteiger partial charge in [-0.3, -0.25) is 19.2 Å². The van der Waals surface area contributed by atoms with Gasteiger partial charge in [0.25, 0.3) is 5.91 Å². The summed E-state index contributed by atoms with van der Waals surface area (Å²) in [5, 5.41) is 16.9. The third-order valence-electron chi connectivity index (χ3n) is 6.54. The average molecular weight is 389 g/mol. The number of nitrogens with one attached hydrogen (secondary N) is 1. The minimum atomic E-state index is -0.764. The maximum Gasteiger partial charge on any atom is 0.317 e. The van der Waals surface area contributed by atoms with E-state index in [1.54, 1.807) is 6.20 Å². The zero-order valence-electron chi connectivity index (χ0n) is 16.9. The number of aliphatic carboxylic acids is 1. The molecule has 28 heavy (non-hydrogen) atoms. The fraction of sp³-hybridized carbons (Fsp3) is 0.762. The molecule has 0 aromatic carbocycles. The summed E-state index contributed by atoms with van der Waals surface area (Å²) in [5.74, 6) is 0.350. The third-order valence-corrected chi connectivity index (χ3v) is 6.54. The van der Waals surface area contributed by atoms with Crippen molar-refractivity contribution < 1.29 is 14.7 Å². The number of hydrogen-bond donors (Lipinski definition) is 2. The van der Waals surface area contributed by atoms with Crippen LogP contribution in [0.2, 0.25) is 0 Å². The Morgan fingerprint density at radius 3 is 2.61 bits per heavy atom. The predicted octanol–water partition coefficient (Wildman–Crippen LogP) is 2.79. The molecule has 3 saturated carbocycles. The number of carbonyl (C=O) groups is 2. The zero-order chi connectivity index (χ0) is 19.8. The first-order valence-corrected chi connectivity index (χ1v) is 10.8. The van der Waals surface area contributed by atoms with Crippen LogP contribution < -0.4 is 5.32 Å². The normalized spacial score (nSPS) is 25.4. The van der Waals surface area contributed by atoms with Gasteiger partial charge in [-0.05, 0) is 57.8 Å². The largest absolute Gasteiger partial charge is 0.480 e.